The highest BCUT2D eigenvalue weighted by Crippen LogP contribution is 2.25. The zero-order valence-electron chi connectivity index (χ0n) is 17.1. The second-order valence-electron chi connectivity index (χ2n) is 7.33. The number of nitrogens with one attached hydrogen (secondary N) is 1. The molecule has 1 unspecified atom stereocenters. The van der Waals surface area contributed by atoms with E-state index in [-0.39, 0.29) is 5.91 Å². The zero-order chi connectivity index (χ0) is 19.9. The van der Waals surface area contributed by atoms with Crippen molar-refractivity contribution in [3.63, 3.8) is 0 Å². The predicted molar refractivity (Wildman–Crippen MR) is 109 cm³/mol. The lowest BCUT2D eigenvalue weighted by Gasteiger charge is -2.38. The van der Waals surface area contributed by atoms with Crippen molar-refractivity contribution in [1.29, 1.82) is 0 Å². The van der Waals surface area contributed by atoms with Crippen LogP contribution in [0.5, 0.6) is 0 Å². The van der Waals surface area contributed by atoms with E-state index in [0.29, 0.717) is 35.5 Å². The Balaban J connectivity index is 1.75. The summed E-state index contributed by atoms with van der Waals surface area (Å²) in [5.41, 5.74) is 2.01. The van der Waals surface area contributed by atoms with Crippen molar-refractivity contribution in [2.75, 3.05) is 32.8 Å². The number of aromatic nitrogens is 1. The van der Waals surface area contributed by atoms with E-state index in [1.807, 2.05) is 30.3 Å². The molecule has 2 aromatic rings. The molecule has 1 aliphatic rings. The summed E-state index contributed by atoms with van der Waals surface area (Å²) in [5.74, 6) is 0.958. The molecular weight excluding hydrogens is 354 g/mol. The average molecular weight is 386 g/mol. The highest BCUT2D eigenvalue weighted by molar-refractivity contribution is 6.00. The SMILES string of the molecule is CCC(CC)C(CNC(=O)c1c(-c2ccccc2)noc1C)N1CCOCC1. The van der Waals surface area contributed by atoms with Crippen molar-refractivity contribution >= 4 is 5.91 Å². The molecule has 1 aromatic carbocycles. The van der Waals surface area contributed by atoms with Gasteiger partial charge >= 0.3 is 0 Å². The summed E-state index contributed by atoms with van der Waals surface area (Å²) in [5, 5.41) is 7.29. The molecule has 1 aromatic heterocycles. The van der Waals surface area contributed by atoms with E-state index in [4.69, 9.17) is 9.26 Å². The van der Waals surface area contributed by atoms with Gasteiger partial charge < -0.3 is 14.6 Å². The smallest absolute Gasteiger partial charge is 0.257 e. The Kier molecular flexibility index (Phi) is 7.23. The van der Waals surface area contributed by atoms with Gasteiger partial charge in [0, 0.05) is 31.2 Å². The monoisotopic (exact) mass is 385 g/mol. The lowest BCUT2D eigenvalue weighted by molar-refractivity contribution is 0.00191. The van der Waals surface area contributed by atoms with Crippen LogP contribution in [0.1, 0.15) is 42.8 Å². The van der Waals surface area contributed by atoms with E-state index in [1.165, 1.54) is 0 Å². The van der Waals surface area contributed by atoms with Crippen LogP contribution >= 0.6 is 0 Å². The Bertz CT molecular complexity index is 750. The molecule has 1 saturated heterocycles. The first-order valence-corrected chi connectivity index (χ1v) is 10.3. The molecule has 0 aliphatic carbocycles. The molecule has 1 amide bonds. The molecule has 6 heteroatoms. The molecule has 1 aliphatic heterocycles. The van der Waals surface area contributed by atoms with Crippen molar-refractivity contribution in [2.45, 2.75) is 39.7 Å². The Morgan fingerprint density at radius 1 is 1.18 bits per heavy atom. The van der Waals surface area contributed by atoms with Gasteiger partial charge in [0.2, 0.25) is 0 Å². The van der Waals surface area contributed by atoms with Gasteiger partial charge in [0.15, 0.2) is 0 Å². The summed E-state index contributed by atoms with van der Waals surface area (Å²) in [6.45, 7) is 10.2. The molecule has 0 bridgehead atoms. The van der Waals surface area contributed by atoms with Crippen molar-refractivity contribution in [3.05, 3.63) is 41.7 Å². The molecule has 1 N–H and O–H groups in total. The molecule has 28 heavy (non-hydrogen) atoms. The average Bonchev–Trinajstić information content (AvgIpc) is 3.13. The fourth-order valence-corrected chi connectivity index (χ4v) is 4.05. The second kappa shape index (κ2) is 9.85. The second-order valence-corrected chi connectivity index (χ2v) is 7.33. The molecule has 3 rings (SSSR count). The first kappa shape index (κ1) is 20.6. The van der Waals surface area contributed by atoms with Gasteiger partial charge in [0.1, 0.15) is 17.0 Å². The van der Waals surface area contributed by atoms with Crippen LogP contribution in [-0.2, 0) is 4.74 Å². The van der Waals surface area contributed by atoms with Crippen molar-refractivity contribution in [3.8, 4) is 11.3 Å². The topological polar surface area (TPSA) is 67.6 Å². The van der Waals surface area contributed by atoms with E-state index in [0.717, 1.165) is 44.7 Å². The fourth-order valence-electron chi connectivity index (χ4n) is 4.05. The van der Waals surface area contributed by atoms with Crippen LogP contribution in [0.2, 0.25) is 0 Å². The molecule has 0 spiro atoms. The molecule has 0 radical (unpaired) electrons. The molecule has 6 nitrogen and oxygen atoms in total. The number of ether oxygens (including phenoxy) is 1. The van der Waals surface area contributed by atoms with Gasteiger partial charge in [0.25, 0.3) is 5.91 Å². The standard InChI is InChI=1S/C22H31N3O3/c1-4-17(5-2)19(25-11-13-27-14-12-25)15-23-22(26)20-16(3)28-24-21(20)18-9-7-6-8-10-18/h6-10,17,19H,4-5,11-15H2,1-3H3,(H,23,26). The minimum atomic E-state index is -0.123. The largest absolute Gasteiger partial charge is 0.379 e. The van der Waals surface area contributed by atoms with Gasteiger partial charge in [-0.05, 0) is 12.8 Å². The third-order valence-corrected chi connectivity index (χ3v) is 5.72. The quantitative estimate of drug-likeness (QED) is 0.753. The number of hydrogen-bond acceptors (Lipinski definition) is 5. The Hall–Kier alpha value is -2.18. The first-order chi connectivity index (χ1) is 13.7. The summed E-state index contributed by atoms with van der Waals surface area (Å²) in [7, 11) is 0. The Labute approximate surface area is 167 Å². The number of aryl methyl sites for hydroxylation is 1. The van der Waals surface area contributed by atoms with E-state index < -0.39 is 0 Å². The van der Waals surface area contributed by atoms with Crippen LogP contribution in [0, 0.1) is 12.8 Å². The normalized spacial score (nSPS) is 16.3. The number of nitrogens with zero attached hydrogens (tertiary/aromatic N) is 2. The Morgan fingerprint density at radius 3 is 2.50 bits per heavy atom. The van der Waals surface area contributed by atoms with Gasteiger partial charge in [-0.2, -0.15) is 0 Å². The number of rotatable bonds is 8. The lowest BCUT2D eigenvalue weighted by Crippen LogP contribution is -2.52. The highest BCUT2D eigenvalue weighted by atomic mass is 16.5. The molecule has 152 valence electrons. The zero-order valence-corrected chi connectivity index (χ0v) is 17.1. The van der Waals surface area contributed by atoms with Crippen molar-refractivity contribution in [1.82, 2.24) is 15.4 Å². The maximum atomic E-state index is 13.1. The molecule has 1 atom stereocenters. The maximum absolute atomic E-state index is 13.1. The van der Waals surface area contributed by atoms with Crippen LogP contribution in [0.3, 0.4) is 0 Å². The summed E-state index contributed by atoms with van der Waals surface area (Å²) in [6.07, 6.45) is 2.19. The van der Waals surface area contributed by atoms with E-state index in [2.05, 4.69) is 29.2 Å². The number of amides is 1. The van der Waals surface area contributed by atoms with Crippen LogP contribution in [0.25, 0.3) is 11.3 Å². The number of hydrogen-bond donors (Lipinski definition) is 1. The van der Waals surface area contributed by atoms with Crippen LogP contribution in [0.15, 0.2) is 34.9 Å². The van der Waals surface area contributed by atoms with Crippen molar-refractivity contribution < 1.29 is 14.1 Å². The summed E-state index contributed by atoms with van der Waals surface area (Å²) >= 11 is 0. The van der Waals surface area contributed by atoms with Crippen LogP contribution in [-0.4, -0.2) is 54.9 Å². The third kappa shape index (κ3) is 4.62. The van der Waals surface area contributed by atoms with E-state index in [1.54, 1.807) is 6.92 Å². The molecule has 0 saturated carbocycles. The van der Waals surface area contributed by atoms with Gasteiger partial charge in [-0.15, -0.1) is 0 Å². The number of carbonyl (C=O) groups excluding carboxylic acids is 1. The van der Waals surface area contributed by atoms with Gasteiger partial charge in [-0.3, -0.25) is 9.69 Å². The summed E-state index contributed by atoms with van der Waals surface area (Å²) < 4.78 is 10.9. The van der Waals surface area contributed by atoms with Gasteiger partial charge in [-0.25, -0.2) is 0 Å². The van der Waals surface area contributed by atoms with Crippen molar-refractivity contribution in [2.24, 2.45) is 5.92 Å². The Morgan fingerprint density at radius 2 is 1.86 bits per heavy atom. The minimum absolute atomic E-state index is 0.123. The summed E-state index contributed by atoms with van der Waals surface area (Å²) in [6, 6.07) is 10.00. The maximum Gasteiger partial charge on any atom is 0.257 e. The lowest BCUT2D eigenvalue weighted by atomic mass is 9.92. The van der Waals surface area contributed by atoms with Crippen LogP contribution in [0.4, 0.5) is 0 Å². The molecule has 2 heterocycles. The highest BCUT2D eigenvalue weighted by Gasteiger charge is 2.28. The van der Waals surface area contributed by atoms with Gasteiger partial charge in [-0.1, -0.05) is 62.2 Å². The summed E-state index contributed by atoms with van der Waals surface area (Å²) in [4.78, 5) is 15.5. The molecular formula is C22H31N3O3. The van der Waals surface area contributed by atoms with Gasteiger partial charge in [0.05, 0.1) is 13.2 Å². The predicted octanol–water partition coefficient (Wildman–Crippen LogP) is 3.52. The van der Waals surface area contributed by atoms with E-state index in [9.17, 15) is 4.79 Å². The fraction of sp³-hybridized carbons (Fsp3) is 0.545. The molecule has 1 fully saturated rings. The number of benzene rings is 1. The van der Waals surface area contributed by atoms with E-state index >= 15 is 0 Å². The first-order valence-electron chi connectivity index (χ1n) is 10.3. The number of morpholine rings is 1. The van der Waals surface area contributed by atoms with Crippen LogP contribution < -0.4 is 5.32 Å². The third-order valence-electron chi connectivity index (χ3n) is 5.72. The minimum Gasteiger partial charge on any atom is -0.379 e. The number of carbonyl (C=O) groups is 1.